The number of ether oxygens (including phenoxy) is 1. The number of halogens is 2. The van der Waals surface area contributed by atoms with E-state index in [-0.39, 0.29) is 0 Å². The van der Waals surface area contributed by atoms with Crippen molar-refractivity contribution in [1.82, 2.24) is 4.98 Å². The van der Waals surface area contributed by atoms with Crippen LogP contribution in [0.4, 0.5) is 8.78 Å². The number of hydrogen-bond donors (Lipinski definition) is 2. The molecule has 0 saturated carbocycles. The van der Waals surface area contributed by atoms with Gasteiger partial charge in [-0.05, 0) is 6.07 Å². The second kappa shape index (κ2) is 4.18. The first kappa shape index (κ1) is 12.6. The molecule has 3 N–H and O–H groups in total. The molecule has 0 aliphatic heterocycles. The molecule has 0 aliphatic rings. The highest BCUT2D eigenvalue weighted by molar-refractivity contribution is 7.89. The largest absolute Gasteiger partial charge is 0.491 e. The van der Waals surface area contributed by atoms with Crippen LogP contribution >= 0.6 is 0 Å². The van der Waals surface area contributed by atoms with Gasteiger partial charge in [-0.3, -0.25) is 4.79 Å². The van der Waals surface area contributed by atoms with E-state index in [9.17, 15) is 22.0 Å². The third-order valence-corrected chi connectivity index (χ3v) is 2.57. The fraction of sp³-hybridized carbons (Fsp3) is 0.286. The van der Waals surface area contributed by atoms with E-state index < -0.39 is 38.3 Å². The van der Waals surface area contributed by atoms with Crippen LogP contribution in [0.15, 0.2) is 15.9 Å². The average Bonchev–Trinajstić information content (AvgIpc) is 2.14. The smallest absolute Gasteiger partial charge is 0.291 e. The minimum atomic E-state index is -4.25. The van der Waals surface area contributed by atoms with E-state index in [4.69, 9.17) is 5.14 Å². The average molecular weight is 254 g/mol. The topological polar surface area (TPSA) is 102 Å². The highest BCUT2D eigenvalue weighted by Crippen LogP contribution is 2.26. The molecule has 1 aromatic heterocycles. The molecule has 1 aromatic rings. The van der Waals surface area contributed by atoms with Gasteiger partial charge in [-0.15, -0.1) is 0 Å². The first-order chi connectivity index (χ1) is 7.27. The van der Waals surface area contributed by atoms with E-state index in [1.165, 1.54) is 0 Å². The van der Waals surface area contributed by atoms with Crippen LogP contribution in [0.1, 0.15) is 12.0 Å². The molecule has 0 aliphatic carbocycles. The number of sulfonamides is 1. The molecule has 0 amide bonds. The van der Waals surface area contributed by atoms with Crippen molar-refractivity contribution >= 4 is 10.0 Å². The fourth-order valence-electron chi connectivity index (χ4n) is 1.07. The quantitative estimate of drug-likeness (QED) is 0.790. The van der Waals surface area contributed by atoms with E-state index in [1.54, 1.807) is 0 Å². The second-order valence-electron chi connectivity index (χ2n) is 2.80. The Morgan fingerprint density at radius 2 is 2.06 bits per heavy atom. The van der Waals surface area contributed by atoms with Crippen molar-refractivity contribution in [3.63, 3.8) is 0 Å². The third kappa shape index (κ3) is 2.36. The Morgan fingerprint density at radius 3 is 2.44 bits per heavy atom. The van der Waals surface area contributed by atoms with Crippen LogP contribution in [-0.2, 0) is 10.0 Å². The minimum Gasteiger partial charge on any atom is -0.491 e. The van der Waals surface area contributed by atoms with Crippen molar-refractivity contribution < 1.29 is 21.9 Å². The van der Waals surface area contributed by atoms with E-state index in [0.717, 1.165) is 7.11 Å². The number of hydrogen-bond acceptors (Lipinski definition) is 4. The summed E-state index contributed by atoms with van der Waals surface area (Å²) in [5.41, 5.74) is -1.90. The molecule has 0 spiro atoms. The van der Waals surface area contributed by atoms with Crippen molar-refractivity contribution in [2.24, 2.45) is 5.14 Å². The summed E-state index contributed by atoms with van der Waals surface area (Å²) < 4.78 is 51.2. The lowest BCUT2D eigenvalue weighted by molar-refractivity contribution is 0.146. The van der Waals surface area contributed by atoms with Gasteiger partial charge in [0.2, 0.25) is 0 Å². The molecule has 1 rings (SSSR count). The molecule has 6 nitrogen and oxygen atoms in total. The maximum absolute atomic E-state index is 12.5. The number of aromatic amines is 1. The zero-order valence-electron chi connectivity index (χ0n) is 8.03. The number of pyridine rings is 1. The number of methoxy groups -OCH3 is 1. The van der Waals surface area contributed by atoms with Gasteiger partial charge < -0.3 is 9.72 Å². The Bertz CT molecular complexity index is 552. The lowest BCUT2D eigenvalue weighted by Gasteiger charge is -2.07. The van der Waals surface area contributed by atoms with E-state index in [2.05, 4.69) is 4.74 Å². The first-order valence-corrected chi connectivity index (χ1v) is 5.44. The van der Waals surface area contributed by atoms with Gasteiger partial charge in [-0.25, -0.2) is 22.3 Å². The lowest BCUT2D eigenvalue weighted by atomic mass is 10.2. The molecule has 0 fully saturated rings. The summed E-state index contributed by atoms with van der Waals surface area (Å²) in [5.74, 6) is -0.637. The van der Waals surface area contributed by atoms with Crippen LogP contribution in [0, 0.1) is 0 Å². The Morgan fingerprint density at radius 1 is 1.50 bits per heavy atom. The van der Waals surface area contributed by atoms with Crippen molar-refractivity contribution in [2.45, 2.75) is 11.5 Å². The second-order valence-corrected chi connectivity index (χ2v) is 4.33. The van der Waals surface area contributed by atoms with Crippen LogP contribution in [0.25, 0.3) is 0 Å². The molecule has 0 saturated heterocycles. The molecule has 16 heavy (non-hydrogen) atoms. The normalized spacial score (nSPS) is 11.8. The van der Waals surface area contributed by atoms with Crippen molar-refractivity contribution in [3.8, 4) is 5.75 Å². The molecule has 0 radical (unpaired) electrons. The van der Waals surface area contributed by atoms with Gasteiger partial charge >= 0.3 is 0 Å². The predicted molar refractivity (Wildman–Crippen MR) is 49.9 cm³/mol. The van der Waals surface area contributed by atoms with Gasteiger partial charge in [0, 0.05) is 0 Å². The van der Waals surface area contributed by atoms with Crippen LogP contribution < -0.4 is 15.4 Å². The van der Waals surface area contributed by atoms with Gasteiger partial charge in [0.1, 0.15) is 0 Å². The summed E-state index contributed by atoms with van der Waals surface area (Å²) in [6.45, 7) is 0. The van der Waals surface area contributed by atoms with Crippen molar-refractivity contribution in [2.75, 3.05) is 7.11 Å². The zero-order chi connectivity index (χ0) is 12.5. The van der Waals surface area contributed by atoms with Crippen LogP contribution in [0.5, 0.6) is 5.75 Å². The highest BCUT2D eigenvalue weighted by atomic mass is 32.2. The predicted octanol–water partition coefficient (Wildman–Crippen LogP) is -0.0315. The molecule has 0 bridgehead atoms. The van der Waals surface area contributed by atoms with Gasteiger partial charge in [0.15, 0.2) is 10.8 Å². The zero-order valence-corrected chi connectivity index (χ0v) is 8.85. The summed E-state index contributed by atoms with van der Waals surface area (Å²) in [6.07, 6.45) is -3.04. The number of nitrogens with one attached hydrogen (secondary N) is 1. The Labute approximate surface area is 89.1 Å². The SMILES string of the molecule is COc1c(C(F)F)cc(S(N)(=O)=O)[nH]c1=O. The van der Waals surface area contributed by atoms with Gasteiger partial charge in [-0.2, -0.15) is 0 Å². The lowest BCUT2D eigenvalue weighted by Crippen LogP contribution is -2.21. The molecular formula is C7H8F2N2O4S. The van der Waals surface area contributed by atoms with Gasteiger partial charge in [-0.1, -0.05) is 0 Å². The Balaban J connectivity index is 3.59. The third-order valence-electron chi connectivity index (χ3n) is 1.74. The Hall–Kier alpha value is -1.48. The first-order valence-electron chi connectivity index (χ1n) is 3.89. The molecule has 0 aromatic carbocycles. The van der Waals surface area contributed by atoms with E-state index in [0.29, 0.717) is 6.07 Å². The van der Waals surface area contributed by atoms with Gasteiger partial charge in [0.05, 0.1) is 12.7 Å². The molecular weight excluding hydrogens is 246 g/mol. The highest BCUT2D eigenvalue weighted by Gasteiger charge is 2.21. The molecule has 90 valence electrons. The number of primary sulfonamides is 1. The van der Waals surface area contributed by atoms with Crippen LogP contribution in [0.3, 0.4) is 0 Å². The Kier molecular flexibility index (Phi) is 3.29. The summed E-state index contributed by atoms with van der Waals surface area (Å²) in [6, 6.07) is 0.570. The van der Waals surface area contributed by atoms with E-state index >= 15 is 0 Å². The van der Waals surface area contributed by atoms with Crippen LogP contribution in [-0.4, -0.2) is 20.5 Å². The molecule has 1 heterocycles. The molecule has 0 unspecified atom stereocenters. The molecule has 9 heteroatoms. The summed E-state index contributed by atoms with van der Waals surface area (Å²) in [4.78, 5) is 13.0. The summed E-state index contributed by atoms with van der Waals surface area (Å²) in [5, 5.41) is 3.92. The maximum Gasteiger partial charge on any atom is 0.291 e. The van der Waals surface area contributed by atoms with Crippen molar-refractivity contribution in [1.29, 1.82) is 0 Å². The summed E-state index contributed by atoms with van der Waals surface area (Å²) in [7, 11) is -3.23. The van der Waals surface area contributed by atoms with Gasteiger partial charge in [0.25, 0.3) is 22.0 Å². The fourth-order valence-corrected chi connectivity index (χ4v) is 1.59. The van der Waals surface area contributed by atoms with E-state index in [1.807, 2.05) is 4.98 Å². The number of H-pyrrole nitrogens is 1. The monoisotopic (exact) mass is 254 g/mol. The number of nitrogens with two attached hydrogens (primary N) is 1. The number of rotatable bonds is 3. The summed E-state index contributed by atoms with van der Waals surface area (Å²) >= 11 is 0. The maximum atomic E-state index is 12.5. The van der Waals surface area contributed by atoms with Crippen molar-refractivity contribution in [3.05, 3.63) is 22.0 Å². The standard InChI is InChI=1S/C7H8F2N2O4S/c1-15-5-3(6(8)9)2-4(11-7(5)12)16(10,13)14/h2,6H,1H3,(H,11,12)(H2,10,13,14). The minimum absolute atomic E-state index is 0.570. The molecule has 0 atom stereocenters. The van der Waals surface area contributed by atoms with Crippen LogP contribution in [0.2, 0.25) is 0 Å². The number of aromatic nitrogens is 1. The number of alkyl halides is 2.